The second kappa shape index (κ2) is 9.14. The number of carbonyl (C=O) groups excluding carboxylic acids is 2. The molecule has 26 heavy (non-hydrogen) atoms. The second-order valence-corrected chi connectivity index (χ2v) is 7.16. The number of carbonyl (C=O) groups is 2. The summed E-state index contributed by atoms with van der Waals surface area (Å²) in [7, 11) is 0. The summed E-state index contributed by atoms with van der Waals surface area (Å²) in [4.78, 5) is 31.3. The lowest BCUT2D eigenvalue weighted by Crippen LogP contribution is -2.46. The summed E-state index contributed by atoms with van der Waals surface area (Å²) in [6.07, 6.45) is 1.26. The first-order valence-electron chi connectivity index (χ1n) is 9.75. The summed E-state index contributed by atoms with van der Waals surface area (Å²) in [5.74, 6) is -0.200. The van der Waals surface area contributed by atoms with Crippen LogP contribution in [0.4, 0.5) is 5.69 Å². The minimum absolute atomic E-state index is 0.00702. The van der Waals surface area contributed by atoms with Gasteiger partial charge in [0.2, 0.25) is 11.8 Å². The Morgan fingerprint density at radius 2 is 1.81 bits per heavy atom. The molecule has 2 aliphatic rings. The number of hydrogen-bond acceptors (Lipinski definition) is 4. The molecule has 0 radical (unpaired) electrons. The summed E-state index contributed by atoms with van der Waals surface area (Å²) in [5.41, 5.74) is 0.874. The molecule has 0 aromatic heterocycles. The fourth-order valence-electron chi connectivity index (χ4n) is 3.73. The Hall–Kier alpha value is -1.92. The van der Waals surface area contributed by atoms with E-state index in [1.165, 1.54) is 0 Å². The highest BCUT2D eigenvalue weighted by atomic mass is 16.2. The monoisotopic (exact) mass is 358 g/mol. The van der Waals surface area contributed by atoms with Gasteiger partial charge in [-0.2, -0.15) is 0 Å². The average molecular weight is 358 g/mol. The van der Waals surface area contributed by atoms with Gasteiger partial charge in [-0.25, -0.2) is 0 Å². The smallest absolute Gasteiger partial charge is 0.227 e. The van der Waals surface area contributed by atoms with Gasteiger partial charge >= 0.3 is 0 Å². The normalized spacial score (nSPS) is 22.0. The fourth-order valence-corrected chi connectivity index (χ4v) is 3.73. The molecule has 0 bridgehead atoms. The molecule has 0 aliphatic carbocycles. The first kappa shape index (κ1) is 18.9. The number of benzene rings is 1. The molecule has 2 amide bonds. The highest BCUT2D eigenvalue weighted by Crippen LogP contribution is 2.24. The molecule has 142 valence electrons. The minimum Gasteiger partial charge on any atom is -0.356 e. The van der Waals surface area contributed by atoms with Gasteiger partial charge in [0.15, 0.2) is 0 Å². The first-order valence-corrected chi connectivity index (χ1v) is 9.75. The van der Waals surface area contributed by atoms with Gasteiger partial charge in [-0.3, -0.25) is 9.59 Å². The van der Waals surface area contributed by atoms with E-state index in [9.17, 15) is 9.59 Å². The molecule has 2 saturated heterocycles. The Balaban J connectivity index is 1.36. The van der Waals surface area contributed by atoms with E-state index in [-0.39, 0.29) is 17.7 Å². The zero-order chi connectivity index (χ0) is 18.4. The quantitative estimate of drug-likeness (QED) is 0.744. The maximum Gasteiger partial charge on any atom is 0.227 e. The molecule has 0 spiro atoms. The van der Waals surface area contributed by atoms with Gasteiger partial charge in [-0.05, 0) is 31.6 Å². The number of para-hydroxylation sites is 1. The summed E-state index contributed by atoms with van der Waals surface area (Å²) in [5, 5.41) is 3.02. The molecule has 3 rings (SSSR count). The maximum absolute atomic E-state index is 12.4. The second-order valence-electron chi connectivity index (χ2n) is 7.16. The van der Waals surface area contributed by atoms with Crippen LogP contribution in [0.5, 0.6) is 0 Å². The van der Waals surface area contributed by atoms with Crippen molar-refractivity contribution in [3.63, 3.8) is 0 Å². The number of rotatable bonds is 7. The number of likely N-dealkylation sites (N-methyl/N-ethyl adjacent to an activating group) is 1. The Kier molecular flexibility index (Phi) is 6.63. The number of anilines is 1. The molecule has 1 unspecified atom stereocenters. The van der Waals surface area contributed by atoms with Crippen LogP contribution in [-0.2, 0) is 9.59 Å². The van der Waals surface area contributed by atoms with Crippen LogP contribution in [0.1, 0.15) is 19.8 Å². The summed E-state index contributed by atoms with van der Waals surface area (Å²) in [6.45, 7) is 10.0. The molecule has 2 aliphatic heterocycles. The van der Waals surface area contributed by atoms with Crippen molar-refractivity contribution in [2.45, 2.75) is 19.8 Å². The van der Waals surface area contributed by atoms with Crippen LogP contribution in [0.2, 0.25) is 0 Å². The Bertz CT molecular complexity index is 599. The Morgan fingerprint density at radius 1 is 1.12 bits per heavy atom. The van der Waals surface area contributed by atoms with E-state index >= 15 is 0 Å². The molecule has 2 fully saturated rings. The molecular formula is C20H30N4O2. The van der Waals surface area contributed by atoms with Gasteiger partial charge in [-0.15, -0.1) is 0 Å². The SMILES string of the molecule is CCN1CCN(CCCNC(=O)C2CC(=O)N(c3ccccc3)C2)CC1. The van der Waals surface area contributed by atoms with Crippen LogP contribution >= 0.6 is 0 Å². The first-order chi connectivity index (χ1) is 12.7. The van der Waals surface area contributed by atoms with E-state index < -0.39 is 0 Å². The summed E-state index contributed by atoms with van der Waals surface area (Å²) < 4.78 is 0. The van der Waals surface area contributed by atoms with Crippen molar-refractivity contribution < 1.29 is 9.59 Å². The number of amides is 2. The topological polar surface area (TPSA) is 55.9 Å². The predicted octanol–water partition coefficient (Wildman–Crippen LogP) is 1.18. The molecule has 6 heteroatoms. The molecule has 1 aromatic carbocycles. The van der Waals surface area contributed by atoms with Crippen molar-refractivity contribution in [2.75, 3.05) is 57.3 Å². The minimum atomic E-state index is -0.240. The highest BCUT2D eigenvalue weighted by molar-refractivity contribution is 6.00. The van der Waals surface area contributed by atoms with Crippen LogP contribution in [0.25, 0.3) is 0 Å². The standard InChI is InChI=1S/C20H30N4O2/c1-2-22-11-13-23(14-12-22)10-6-9-21-20(26)17-15-19(25)24(16-17)18-7-4-3-5-8-18/h3-5,7-8,17H,2,6,9-16H2,1H3,(H,21,26). The Labute approximate surface area is 156 Å². The largest absolute Gasteiger partial charge is 0.356 e. The van der Waals surface area contributed by atoms with E-state index in [4.69, 9.17) is 0 Å². The third-order valence-corrected chi connectivity index (χ3v) is 5.43. The average Bonchev–Trinajstić information content (AvgIpc) is 3.08. The third kappa shape index (κ3) is 4.83. The number of nitrogens with one attached hydrogen (secondary N) is 1. The van der Waals surface area contributed by atoms with Crippen molar-refractivity contribution in [3.05, 3.63) is 30.3 Å². The summed E-state index contributed by atoms with van der Waals surface area (Å²) >= 11 is 0. The van der Waals surface area contributed by atoms with Crippen molar-refractivity contribution >= 4 is 17.5 Å². The van der Waals surface area contributed by atoms with Crippen molar-refractivity contribution in [3.8, 4) is 0 Å². The van der Waals surface area contributed by atoms with Crippen LogP contribution in [-0.4, -0.2) is 74.0 Å². The lowest BCUT2D eigenvalue weighted by atomic mass is 10.1. The molecule has 1 N–H and O–H groups in total. The molecule has 2 heterocycles. The van der Waals surface area contributed by atoms with E-state index in [1.807, 2.05) is 30.3 Å². The van der Waals surface area contributed by atoms with Crippen molar-refractivity contribution in [2.24, 2.45) is 5.92 Å². The van der Waals surface area contributed by atoms with Gasteiger partial charge < -0.3 is 20.0 Å². The van der Waals surface area contributed by atoms with Crippen LogP contribution in [0, 0.1) is 5.92 Å². The third-order valence-electron chi connectivity index (χ3n) is 5.43. The van der Waals surface area contributed by atoms with Gasteiger partial charge in [-0.1, -0.05) is 25.1 Å². The van der Waals surface area contributed by atoms with Gasteiger partial charge in [0, 0.05) is 51.4 Å². The zero-order valence-electron chi connectivity index (χ0n) is 15.7. The number of nitrogens with zero attached hydrogens (tertiary/aromatic N) is 3. The fraction of sp³-hybridized carbons (Fsp3) is 0.600. The highest BCUT2D eigenvalue weighted by Gasteiger charge is 2.34. The van der Waals surface area contributed by atoms with E-state index in [1.54, 1.807) is 4.90 Å². The predicted molar refractivity (Wildman–Crippen MR) is 103 cm³/mol. The summed E-state index contributed by atoms with van der Waals surface area (Å²) in [6, 6.07) is 9.58. The van der Waals surface area contributed by atoms with Gasteiger partial charge in [0.05, 0.1) is 5.92 Å². The number of hydrogen-bond donors (Lipinski definition) is 1. The molecule has 1 aromatic rings. The molecule has 0 saturated carbocycles. The molecule has 1 atom stereocenters. The lowest BCUT2D eigenvalue weighted by Gasteiger charge is -2.34. The molecular weight excluding hydrogens is 328 g/mol. The molecule has 6 nitrogen and oxygen atoms in total. The van der Waals surface area contributed by atoms with E-state index in [0.717, 1.165) is 51.4 Å². The van der Waals surface area contributed by atoms with Crippen LogP contribution in [0.15, 0.2) is 30.3 Å². The van der Waals surface area contributed by atoms with Crippen molar-refractivity contribution in [1.82, 2.24) is 15.1 Å². The van der Waals surface area contributed by atoms with Gasteiger partial charge in [0.25, 0.3) is 0 Å². The van der Waals surface area contributed by atoms with Gasteiger partial charge in [0.1, 0.15) is 0 Å². The van der Waals surface area contributed by atoms with Crippen LogP contribution in [0.3, 0.4) is 0 Å². The van der Waals surface area contributed by atoms with Crippen LogP contribution < -0.4 is 10.2 Å². The van der Waals surface area contributed by atoms with E-state index in [0.29, 0.717) is 19.5 Å². The lowest BCUT2D eigenvalue weighted by molar-refractivity contribution is -0.126. The van der Waals surface area contributed by atoms with Crippen molar-refractivity contribution in [1.29, 1.82) is 0 Å². The Morgan fingerprint density at radius 3 is 2.50 bits per heavy atom. The zero-order valence-corrected chi connectivity index (χ0v) is 15.7. The maximum atomic E-state index is 12.4. The van der Waals surface area contributed by atoms with E-state index in [2.05, 4.69) is 22.0 Å². The number of piperazine rings is 1.